The molecule has 4 aliphatic heterocycles. The third-order valence-corrected chi connectivity index (χ3v) is 12.8. The number of aliphatic imine (C=N–C) groups is 1. The molecule has 16 heteroatoms. The summed E-state index contributed by atoms with van der Waals surface area (Å²) in [5, 5.41) is 12.4. The second-order valence-corrected chi connectivity index (χ2v) is 16.9. The van der Waals surface area contributed by atoms with Crippen LogP contribution >= 0.6 is 21.6 Å². The van der Waals surface area contributed by atoms with E-state index in [-0.39, 0.29) is 72.2 Å². The minimum Gasteiger partial charge on any atom is -0.493 e. The van der Waals surface area contributed by atoms with Gasteiger partial charge in [0.25, 0.3) is 11.8 Å². The summed E-state index contributed by atoms with van der Waals surface area (Å²) in [4.78, 5) is 54.6. The van der Waals surface area contributed by atoms with Gasteiger partial charge in [-0.25, -0.2) is 14.7 Å². The SMILES string of the molecule is C=C1C[C@H]2C(O)N(C(=O)OCC(C)SSc3ccccn3)c3cc(OCCCOc4cc5c(cc4OC)C(=O)N4CC(C)C[C@H]4C=N5)c(OC)cc3C(=O)N2C1. The molecule has 5 atom stereocenters. The van der Waals surface area contributed by atoms with E-state index < -0.39 is 18.4 Å². The normalized spacial score (nSPS) is 21.7. The molecule has 1 N–H and O–H groups in total. The van der Waals surface area contributed by atoms with E-state index in [4.69, 9.17) is 23.7 Å². The summed E-state index contributed by atoms with van der Waals surface area (Å²) < 4.78 is 29.3. The maximum absolute atomic E-state index is 13.9. The van der Waals surface area contributed by atoms with Crippen molar-refractivity contribution in [3.63, 3.8) is 0 Å². The fourth-order valence-electron chi connectivity index (χ4n) is 7.30. The molecular formula is C40H45N5O9S2. The summed E-state index contributed by atoms with van der Waals surface area (Å²) >= 11 is 0. The van der Waals surface area contributed by atoms with Crippen molar-refractivity contribution in [2.24, 2.45) is 10.9 Å². The Morgan fingerprint density at radius 2 is 1.71 bits per heavy atom. The van der Waals surface area contributed by atoms with Crippen LogP contribution in [0.5, 0.6) is 23.0 Å². The highest BCUT2D eigenvalue weighted by molar-refractivity contribution is 8.76. The Bertz CT molecular complexity index is 2020. The van der Waals surface area contributed by atoms with Crippen LogP contribution < -0.4 is 23.8 Å². The maximum atomic E-state index is 13.9. The number of nitrogens with zero attached hydrogens (tertiary/aromatic N) is 5. The lowest BCUT2D eigenvalue weighted by Gasteiger charge is -2.31. The molecule has 0 radical (unpaired) electrons. The maximum Gasteiger partial charge on any atom is 0.416 e. The lowest BCUT2D eigenvalue weighted by atomic mass is 10.1. The van der Waals surface area contributed by atoms with Gasteiger partial charge in [0, 0.05) is 49.3 Å². The second kappa shape index (κ2) is 17.1. The van der Waals surface area contributed by atoms with Gasteiger partial charge in [-0.2, -0.15) is 0 Å². The van der Waals surface area contributed by atoms with Crippen molar-refractivity contribution in [1.82, 2.24) is 14.8 Å². The average Bonchev–Trinajstić information content (AvgIpc) is 3.74. The first-order valence-corrected chi connectivity index (χ1v) is 20.7. The molecule has 2 aromatic carbocycles. The molecule has 3 unspecified atom stereocenters. The van der Waals surface area contributed by atoms with Crippen molar-refractivity contribution in [2.45, 2.75) is 61.7 Å². The molecular weight excluding hydrogens is 759 g/mol. The molecule has 4 aliphatic rings. The molecule has 0 saturated carbocycles. The van der Waals surface area contributed by atoms with Crippen LogP contribution in [0.4, 0.5) is 16.2 Å². The summed E-state index contributed by atoms with van der Waals surface area (Å²) in [6.45, 7) is 9.48. The number of pyridine rings is 1. The fraction of sp³-hybridized carbons (Fsp3) is 0.425. The molecule has 296 valence electrons. The molecule has 3 amide bonds. The molecule has 2 saturated heterocycles. The molecule has 0 aliphatic carbocycles. The quantitative estimate of drug-likeness (QED) is 0.116. The second-order valence-electron chi connectivity index (χ2n) is 14.2. The van der Waals surface area contributed by atoms with E-state index in [1.165, 1.54) is 52.8 Å². The molecule has 0 spiro atoms. The van der Waals surface area contributed by atoms with Crippen LogP contribution in [0.2, 0.25) is 0 Å². The van der Waals surface area contributed by atoms with Crippen molar-refractivity contribution in [3.05, 3.63) is 71.9 Å². The molecule has 2 fully saturated rings. The first-order valence-electron chi connectivity index (χ1n) is 18.5. The number of benzene rings is 2. The van der Waals surface area contributed by atoms with E-state index in [9.17, 15) is 19.5 Å². The van der Waals surface area contributed by atoms with Crippen LogP contribution in [0, 0.1) is 5.92 Å². The minimum absolute atomic E-state index is 0.0336. The fourth-order valence-corrected chi connectivity index (χ4v) is 9.18. The van der Waals surface area contributed by atoms with Gasteiger partial charge in [-0.3, -0.25) is 14.6 Å². The number of rotatable bonds is 13. The summed E-state index contributed by atoms with van der Waals surface area (Å²) in [6.07, 6.45) is 2.96. The number of amides is 3. The Balaban J connectivity index is 1.05. The number of fused-ring (bicyclic) bond motifs is 4. The number of carbonyl (C=O) groups excluding carboxylic acids is 3. The Labute approximate surface area is 333 Å². The van der Waals surface area contributed by atoms with Crippen LogP contribution in [-0.4, -0.2) is 115 Å². The highest BCUT2D eigenvalue weighted by Gasteiger charge is 2.46. The van der Waals surface area contributed by atoms with E-state index in [0.717, 1.165) is 21.9 Å². The van der Waals surface area contributed by atoms with E-state index in [2.05, 4.69) is 23.5 Å². The molecule has 5 heterocycles. The summed E-state index contributed by atoms with van der Waals surface area (Å²) in [6, 6.07) is 11.3. The Morgan fingerprint density at radius 3 is 2.43 bits per heavy atom. The lowest BCUT2D eigenvalue weighted by molar-refractivity contribution is 0.0491. The van der Waals surface area contributed by atoms with Gasteiger partial charge in [-0.1, -0.05) is 35.9 Å². The standard InChI is InChI=1S/C40H45N5O9S2/c1-23-13-26-19-42-29-17-34(32(50-4)15-27(29)37(46)43(26)20-23)52-11-8-12-53-35-18-30-28(16-33(35)51-5)38(47)44-21-24(2)14-31(44)39(48)45(30)40(49)54-22-25(3)55-56-36-9-6-7-10-41-36/h6-7,9-10,15-19,23,25-26,31,39,48H,2,8,11-14,20-22H2,1,3-5H3/t23?,25?,26-,31-,39?/m0/s1. The molecule has 0 bridgehead atoms. The largest absolute Gasteiger partial charge is 0.493 e. The molecule has 56 heavy (non-hydrogen) atoms. The molecule has 7 rings (SSSR count). The number of anilines is 1. The van der Waals surface area contributed by atoms with Crippen molar-refractivity contribution < 1.29 is 43.2 Å². The molecule has 1 aromatic heterocycles. The number of aromatic nitrogens is 1. The van der Waals surface area contributed by atoms with Crippen molar-refractivity contribution >= 4 is 57.1 Å². The molecule has 14 nitrogen and oxygen atoms in total. The third-order valence-electron chi connectivity index (χ3n) is 10.0. The van der Waals surface area contributed by atoms with Gasteiger partial charge in [0.1, 0.15) is 11.6 Å². The number of methoxy groups -OCH3 is 2. The smallest absolute Gasteiger partial charge is 0.416 e. The Morgan fingerprint density at radius 1 is 1.00 bits per heavy atom. The van der Waals surface area contributed by atoms with Crippen molar-refractivity contribution in [2.75, 3.05) is 52.0 Å². The van der Waals surface area contributed by atoms with Crippen molar-refractivity contribution in [3.8, 4) is 23.0 Å². The number of ether oxygens (including phenoxy) is 5. The van der Waals surface area contributed by atoms with Gasteiger partial charge < -0.3 is 38.6 Å². The average molecular weight is 804 g/mol. The number of aliphatic hydroxyl groups excluding tert-OH is 1. The zero-order valence-electron chi connectivity index (χ0n) is 31.7. The summed E-state index contributed by atoms with van der Waals surface area (Å²) in [7, 11) is 5.96. The highest BCUT2D eigenvalue weighted by Crippen LogP contribution is 2.43. The number of hydrogen-bond donors (Lipinski definition) is 1. The minimum atomic E-state index is -1.41. The monoisotopic (exact) mass is 803 g/mol. The zero-order valence-corrected chi connectivity index (χ0v) is 33.3. The predicted octanol–water partition coefficient (Wildman–Crippen LogP) is 6.39. The lowest BCUT2D eigenvalue weighted by Crippen LogP contribution is -2.51. The van der Waals surface area contributed by atoms with Crippen LogP contribution in [0.1, 0.15) is 53.8 Å². The van der Waals surface area contributed by atoms with E-state index in [1.807, 2.05) is 36.2 Å². The van der Waals surface area contributed by atoms with Crippen LogP contribution in [0.25, 0.3) is 0 Å². The van der Waals surface area contributed by atoms with E-state index in [1.54, 1.807) is 18.3 Å². The Hall–Kier alpha value is -4.93. The number of carbonyl (C=O) groups is 3. The summed E-state index contributed by atoms with van der Waals surface area (Å²) in [5.74, 6) is 1.37. The highest BCUT2D eigenvalue weighted by atomic mass is 33.1. The molecule has 3 aromatic rings. The van der Waals surface area contributed by atoms with Gasteiger partial charge in [-0.05, 0) is 60.7 Å². The van der Waals surface area contributed by atoms with Gasteiger partial charge in [-0.15, -0.1) is 0 Å². The van der Waals surface area contributed by atoms with Crippen LogP contribution in [0.3, 0.4) is 0 Å². The van der Waals surface area contributed by atoms with Crippen molar-refractivity contribution in [1.29, 1.82) is 0 Å². The van der Waals surface area contributed by atoms with E-state index >= 15 is 0 Å². The van der Waals surface area contributed by atoms with E-state index in [0.29, 0.717) is 48.1 Å². The van der Waals surface area contributed by atoms with Gasteiger partial charge in [0.05, 0.1) is 62.0 Å². The number of hydrogen-bond acceptors (Lipinski definition) is 13. The first kappa shape index (κ1) is 39.3. The van der Waals surface area contributed by atoms with Gasteiger partial charge >= 0.3 is 6.09 Å². The number of aliphatic hydroxyl groups is 1. The third kappa shape index (κ3) is 8.13. The van der Waals surface area contributed by atoms with Crippen LogP contribution in [-0.2, 0) is 4.74 Å². The van der Waals surface area contributed by atoms with Gasteiger partial charge in [0.15, 0.2) is 29.2 Å². The summed E-state index contributed by atoms with van der Waals surface area (Å²) in [5.41, 5.74) is 2.07. The predicted molar refractivity (Wildman–Crippen MR) is 214 cm³/mol. The van der Waals surface area contributed by atoms with Crippen LogP contribution in [0.15, 0.2) is 70.8 Å². The zero-order chi connectivity index (χ0) is 39.5. The van der Waals surface area contributed by atoms with Gasteiger partial charge in [0.2, 0.25) is 0 Å². The topological polar surface area (TPSA) is 153 Å². The first-order chi connectivity index (χ1) is 27.1. The Kier molecular flexibility index (Phi) is 12.0.